The zero-order chi connectivity index (χ0) is 9.76. The molecular weight excluding hydrogens is 181 g/mol. The monoisotopic (exact) mass is 193 g/mol. The number of hydrogen-bond donors (Lipinski definition) is 1. The van der Waals surface area contributed by atoms with Gasteiger partial charge in [0, 0.05) is 0 Å². The highest BCUT2D eigenvalue weighted by Crippen LogP contribution is 2.65. The number of fused-ring (bicyclic) bond motifs is 1. The molecule has 0 bridgehead atoms. The second kappa shape index (κ2) is 2.54. The number of hydrogen-bond acceptors (Lipinski definition) is 2. The molecule has 2 atom stereocenters. The summed E-state index contributed by atoms with van der Waals surface area (Å²) in [5.41, 5.74) is -0.0834. The van der Waals surface area contributed by atoms with Crippen LogP contribution in [0.4, 0.5) is 4.39 Å². The fraction of sp³-hybridized carbons (Fsp3) is 0.545. The Morgan fingerprint density at radius 3 is 2.64 bits per heavy atom. The molecule has 0 aromatic carbocycles. The third-order valence-electron chi connectivity index (χ3n) is 3.68. The normalized spacial score (nSPS) is 39.6. The molecule has 2 saturated carbocycles. The maximum Gasteiger partial charge on any atom is 0.141 e. The highest BCUT2D eigenvalue weighted by atomic mass is 19.1. The van der Waals surface area contributed by atoms with Crippen molar-refractivity contribution in [2.75, 3.05) is 0 Å². The Balaban J connectivity index is 1.93. The Kier molecular flexibility index (Phi) is 1.52. The first kappa shape index (κ1) is 8.36. The van der Waals surface area contributed by atoms with Crippen molar-refractivity contribution in [3.63, 3.8) is 0 Å². The van der Waals surface area contributed by atoms with Gasteiger partial charge in [0.25, 0.3) is 0 Å². The van der Waals surface area contributed by atoms with Crippen molar-refractivity contribution in [1.82, 2.24) is 4.98 Å². The van der Waals surface area contributed by atoms with E-state index in [9.17, 15) is 9.50 Å². The molecule has 1 aromatic heterocycles. The molecule has 3 heteroatoms. The summed E-state index contributed by atoms with van der Waals surface area (Å²) in [6.07, 6.45) is 4.56. The second-order valence-corrected chi connectivity index (χ2v) is 4.33. The Hall–Kier alpha value is -0.960. The molecule has 2 fully saturated rings. The van der Waals surface area contributed by atoms with Crippen molar-refractivity contribution in [2.24, 2.45) is 11.8 Å². The number of nitrogens with zero attached hydrogens (tertiary/aromatic N) is 1. The molecule has 2 nitrogen and oxygen atoms in total. The van der Waals surface area contributed by atoms with Gasteiger partial charge < -0.3 is 5.11 Å². The van der Waals surface area contributed by atoms with Gasteiger partial charge in [-0.2, -0.15) is 0 Å². The maximum atomic E-state index is 12.6. The average molecular weight is 193 g/mol. The van der Waals surface area contributed by atoms with Gasteiger partial charge in [0.1, 0.15) is 11.4 Å². The van der Waals surface area contributed by atoms with E-state index in [1.165, 1.54) is 18.7 Å². The van der Waals surface area contributed by atoms with Gasteiger partial charge in [-0.1, -0.05) is 6.42 Å². The molecule has 0 aliphatic heterocycles. The standard InChI is InChI=1S/C11H12FNO/c12-7-4-5-10(13-6-7)11(14)8-2-1-3-9(8)11/h4-6,8-9,14H,1-3H2. The molecule has 2 unspecified atom stereocenters. The summed E-state index contributed by atoms with van der Waals surface area (Å²) in [5, 5.41) is 10.3. The van der Waals surface area contributed by atoms with E-state index in [4.69, 9.17) is 0 Å². The SMILES string of the molecule is OC1(c2ccc(F)cn2)C2CCCC21. The van der Waals surface area contributed by atoms with Crippen LogP contribution >= 0.6 is 0 Å². The van der Waals surface area contributed by atoms with Crippen LogP contribution in [0.25, 0.3) is 0 Å². The van der Waals surface area contributed by atoms with Gasteiger partial charge in [-0.25, -0.2) is 4.39 Å². The van der Waals surface area contributed by atoms with Crippen LogP contribution < -0.4 is 0 Å². The molecule has 3 rings (SSSR count). The minimum absolute atomic E-state index is 0.344. The smallest absolute Gasteiger partial charge is 0.141 e. The largest absolute Gasteiger partial charge is 0.383 e. The lowest BCUT2D eigenvalue weighted by Gasteiger charge is -2.12. The summed E-state index contributed by atoms with van der Waals surface area (Å²) in [4.78, 5) is 3.97. The van der Waals surface area contributed by atoms with Crippen molar-refractivity contribution >= 4 is 0 Å². The summed E-state index contributed by atoms with van der Waals surface area (Å²) in [6.45, 7) is 0. The van der Waals surface area contributed by atoms with Crippen LogP contribution in [-0.4, -0.2) is 10.1 Å². The first-order valence-corrected chi connectivity index (χ1v) is 5.07. The van der Waals surface area contributed by atoms with E-state index in [2.05, 4.69) is 4.98 Å². The lowest BCUT2D eigenvalue weighted by Crippen LogP contribution is -2.14. The van der Waals surface area contributed by atoms with Crippen LogP contribution in [0.15, 0.2) is 18.3 Å². The van der Waals surface area contributed by atoms with E-state index in [1.54, 1.807) is 6.07 Å². The molecule has 1 aromatic rings. The molecular formula is C11H12FNO. The van der Waals surface area contributed by atoms with Crippen molar-refractivity contribution in [3.8, 4) is 0 Å². The zero-order valence-corrected chi connectivity index (χ0v) is 7.78. The van der Waals surface area contributed by atoms with Gasteiger partial charge in [0.15, 0.2) is 0 Å². The highest BCUT2D eigenvalue weighted by molar-refractivity contribution is 5.28. The molecule has 1 N–H and O–H groups in total. The van der Waals surface area contributed by atoms with Crippen molar-refractivity contribution in [1.29, 1.82) is 0 Å². The van der Waals surface area contributed by atoms with Gasteiger partial charge in [0.2, 0.25) is 0 Å². The van der Waals surface area contributed by atoms with Crippen LogP contribution in [0.3, 0.4) is 0 Å². The van der Waals surface area contributed by atoms with Crippen LogP contribution in [0.2, 0.25) is 0 Å². The lowest BCUT2D eigenvalue weighted by molar-refractivity contribution is 0.101. The third kappa shape index (κ3) is 0.906. The van der Waals surface area contributed by atoms with E-state index >= 15 is 0 Å². The first-order valence-electron chi connectivity index (χ1n) is 5.07. The van der Waals surface area contributed by atoms with E-state index in [0.29, 0.717) is 17.5 Å². The molecule has 1 heterocycles. The number of aromatic nitrogens is 1. The summed E-state index contributed by atoms with van der Waals surface area (Å²) in [5.74, 6) is 0.407. The maximum absolute atomic E-state index is 12.6. The third-order valence-corrected chi connectivity index (χ3v) is 3.68. The van der Waals surface area contributed by atoms with Crippen molar-refractivity contribution in [3.05, 3.63) is 29.8 Å². The van der Waals surface area contributed by atoms with Gasteiger partial charge in [-0.15, -0.1) is 0 Å². The van der Waals surface area contributed by atoms with Crippen molar-refractivity contribution < 1.29 is 9.50 Å². The Morgan fingerprint density at radius 1 is 1.36 bits per heavy atom. The molecule has 0 saturated heterocycles. The lowest BCUT2D eigenvalue weighted by atomic mass is 10.0. The second-order valence-electron chi connectivity index (χ2n) is 4.33. The minimum Gasteiger partial charge on any atom is -0.383 e. The van der Waals surface area contributed by atoms with Crippen molar-refractivity contribution in [2.45, 2.75) is 24.9 Å². The molecule has 2 aliphatic carbocycles. The van der Waals surface area contributed by atoms with E-state index in [-0.39, 0.29) is 5.82 Å². The summed E-state index contributed by atoms with van der Waals surface area (Å²) in [7, 11) is 0. The Morgan fingerprint density at radius 2 is 2.07 bits per heavy atom. The van der Waals surface area contributed by atoms with Gasteiger partial charge in [0.05, 0.1) is 11.9 Å². The minimum atomic E-state index is -0.730. The predicted molar refractivity (Wildman–Crippen MR) is 48.9 cm³/mol. The Labute approximate surface area is 81.8 Å². The molecule has 2 aliphatic rings. The molecule has 74 valence electrons. The van der Waals surface area contributed by atoms with Crippen LogP contribution in [0.5, 0.6) is 0 Å². The highest BCUT2D eigenvalue weighted by Gasteiger charge is 2.67. The number of aliphatic hydroxyl groups is 1. The number of pyridine rings is 1. The molecule has 0 radical (unpaired) electrons. The number of rotatable bonds is 1. The molecule has 0 amide bonds. The van der Waals surface area contributed by atoms with Gasteiger partial charge >= 0.3 is 0 Å². The van der Waals surface area contributed by atoms with E-state index < -0.39 is 5.60 Å². The van der Waals surface area contributed by atoms with Crippen LogP contribution in [0, 0.1) is 17.7 Å². The van der Waals surface area contributed by atoms with E-state index in [1.807, 2.05) is 0 Å². The Bertz CT molecular complexity index is 352. The first-order chi connectivity index (χ1) is 6.73. The van der Waals surface area contributed by atoms with Crippen LogP contribution in [0.1, 0.15) is 25.0 Å². The topological polar surface area (TPSA) is 33.1 Å². The fourth-order valence-corrected chi connectivity index (χ4v) is 2.91. The quantitative estimate of drug-likeness (QED) is 0.738. The predicted octanol–water partition coefficient (Wildman–Crippen LogP) is 1.84. The van der Waals surface area contributed by atoms with E-state index in [0.717, 1.165) is 12.8 Å². The fourth-order valence-electron chi connectivity index (χ4n) is 2.91. The zero-order valence-electron chi connectivity index (χ0n) is 7.78. The van der Waals surface area contributed by atoms with Gasteiger partial charge in [-0.3, -0.25) is 4.98 Å². The average Bonchev–Trinajstić information content (AvgIpc) is 2.63. The summed E-state index contributed by atoms with van der Waals surface area (Å²) < 4.78 is 12.6. The molecule has 14 heavy (non-hydrogen) atoms. The number of halogens is 1. The van der Waals surface area contributed by atoms with Gasteiger partial charge in [-0.05, 0) is 36.8 Å². The summed E-state index contributed by atoms with van der Waals surface area (Å²) in [6, 6.07) is 2.97. The summed E-state index contributed by atoms with van der Waals surface area (Å²) >= 11 is 0. The molecule has 0 spiro atoms. The van der Waals surface area contributed by atoms with Crippen LogP contribution in [-0.2, 0) is 5.60 Å².